The van der Waals surface area contributed by atoms with Gasteiger partial charge in [0.05, 0.1) is 39.1 Å². The van der Waals surface area contributed by atoms with Crippen molar-refractivity contribution in [2.75, 3.05) is 53.9 Å². The number of hydrogen-bond donors (Lipinski definition) is 0. The molecule has 0 aromatic heterocycles. The molecule has 1 unspecified atom stereocenters. The average Bonchev–Trinajstić information content (AvgIpc) is 2.22. The fourth-order valence-electron chi connectivity index (χ4n) is 0.799. The molecule has 0 aliphatic heterocycles. The van der Waals surface area contributed by atoms with Gasteiger partial charge in [-0.25, -0.2) is 0 Å². The Kier molecular flexibility index (Phi) is 17.9. The fraction of sp³-hybridized carbons (Fsp3) is 1.00. The van der Waals surface area contributed by atoms with E-state index in [9.17, 15) is 5.11 Å². The van der Waals surface area contributed by atoms with Gasteiger partial charge >= 0.3 is 29.6 Å². The molecule has 0 bridgehead atoms. The first-order valence-corrected chi connectivity index (χ1v) is 4.60. The molecule has 6 heteroatoms. The SMILES string of the molecule is COCCOCC(C[O-])OCCOC.[Na+]. The van der Waals surface area contributed by atoms with Crippen LogP contribution in [-0.2, 0) is 18.9 Å². The van der Waals surface area contributed by atoms with E-state index in [1.807, 2.05) is 0 Å². The molecule has 15 heavy (non-hydrogen) atoms. The maximum atomic E-state index is 10.6. The van der Waals surface area contributed by atoms with Gasteiger partial charge in [-0.1, -0.05) is 0 Å². The van der Waals surface area contributed by atoms with Crippen LogP contribution >= 0.6 is 0 Å². The van der Waals surface area contributed by atoms with E-state index in [2.05, 4.69) is 0 Å². The standard InChI is InChI=1S/C9H19O5.Na/c1-11-3-5-13-8-9(7-10)14-6-4-12-2;/h9H,3-8H2,1-2H3;/q-1;+1. The summed E-state index contributed by atoms with van der Waals surface area (Å²) in [4.78, 5) is 0. The monoisotopic (exact) mass is 230 g/mol. The summed E-state index contributed by atoms with van der Waals surface area (Å²) in [5, 5.41) is 10.6. The Morgan fingerprint density at radius 3 is 2.13 bits per heavy atom. The summed E-state index contributed by atoms with van der Waals surface area (Å²) in [6.45, 7) is 1.96. The number of methoxy groups -OCH3 is 2. The van der Waals surface area contributed by atoms with Crippen LogP contribution in [0.2, 0.25) is 0 Å². The van der Waals surface area contributed by atoms with Crippen LogP contribution in [0.15, 0.2) is 0 Å². The van der Waals surface area contributed by atoms with E-state index in [4.69, 9.17) is 18.9 Å². The second kappa shape index (κ2) is 14.8. The van der Waals surface area contributed by atoms with Crippen LogP contribution in [0.1, 0.15) is 0 Å². The zero-order valence-corrected chi connectivity index (χ0v) is 11.9. The molecule has 0 heterocycles. The first-order chi connectivity index (χ1) is 6.85. The van der Waals surface area contributed by atoms with Crippen molar-refractivity contribution in [3.05, 3.63) is 0 Å². The minimum absolute atomic E-state index is 0. The van der Waals surface area contributed by atoms with Crippen molar-refractivity contribution in [1.82, 2.24) is 0 Å². The van der Waals surface area contributed by atoms with E-state index < -0.39 is 0 Å². The summed E-state index contributed by atoms with van der Waals surface area (Å²) < 4.78 is 20.0. The van der Waals surface area contributed by atoms with Crippen molar-refractivity contribution >= 4 is 0 Å². The predicted molar refractivity (Wildman–Crippen MR) is 49.2 cm³/mol. The van der Waals surface area contributed by atoms with E-state index in [0.29, 0.717) is 33.0 Å². The summed E-state index contributed by atoms with van der Waals surface area (Å²) in [5.41, 5.74) is 0. The predicted octanol–water partition coefficient (Wildman–Crippen LogP) is -3.95. The van der Waals surface area contributed by atoms with Crippen LogP contribution in [0.25, 0.3) is 0 Å². The Hall–Kier alpha value is 0.800. The first-order valence-electron chi connectivity index (χ1n) is 4.60. The van der Waals surface area contributed by atoms with Gasteiger partial charge in [0.1, 0.15) is 0 Å². The molecule has 0 aromatic carbocycles. The van der Waals surface area contributed by atoms with Crippen LogP contribution < -0.4 is 34.7 Å². The molecule has 0 amide bonds. The summed E-state index contributed by atoms with van der Waals surface area (Å²) in [6.07, 6.45) is -0.387. The van der Waals surface area contributed by atoms with Crippen molar-refractivity contribution in [1.29, 1.82) is 0 Å². The molecular formula is C9H19NaO5. The Labute approximate surface area is 113 Å². The zero-order chi connectivity index (χ0) is 10.6. The van der Waals surface area contributed by atoms with Crippen LogP contribution in [0, 0.1) is 0 Å². The second-order valence-corrected chi connectivity index (χ2v) is 2.72. The molecule has 0 aliphatic carbocycles. The van der Waals surface area contributed by atoms with Crippen molar-refractivity contribution < 1.29 is 53.6 Å². The smallest absolute Gasteiger partial charge is 0.853 e. The molecule has 0 fully saturated rings. The number of ether oxygens (including phenoxy) is 4. The summed E-state index contributed by atoms with van der Waals surface area (Å²) in [5.74, 6) is 0. The Morgan fingerprint density at radius 2 is 1.60 bits per heavy atom. The molecule has 0 rings (SSSR count). The fourth-order valence-corrected chi connectivity index (χ4v) is 0.799. The molecule has 0 radical (unpaired) electrons. The Morgan fingerprint density at radius 1 is 1.00 bits per heavy atom. The van der Waals surface area contributed by atoms with Crippen LogP contribution in [0.4, 0.5) is 0 Å². The summed E-state index contributed by atoms with van der Waals surface area (Å²) in [6, 6.07) is 0. The third-order valence-corrected chi connectivity index (χ3v) is 1.56. The maximum Gasteiger partial charge on any atom is 1.00 e. The van der Waals surface area contributed by atoms with Crippen molar-refractivity contribution in [2.24, 2.45) is 0 Å². The molecule has 0 aliphatic rings. The minimum atomic E-state index is -0.387. The Balaban J connectivity index is 0. The first kappa shape index (κ1) is 18.2. The molecule has 0 saturated heterocycles. The topological polar surface area (TPSA) is 60.0 Å². The van der Waals surface area contributed by atoms with Crippen LogP contribution in [-0.4, -0.2) is 60.0 Å². The third-order valence-electron chi connectivity index (χ3n) is 1.56. The third kappa shape index (κ3) is 12.7. The molecule has 86 valence electrons. The molecule has 0 spiro atoms. The Bertz CT molecular complexity index is 115. The summed E-state index contributed by atoms with van der Waals surface area (Å²) in [7, 11) is 3.19. The van der Waals surface area contributed by atoms with Gasteiger partial charge < -0.3 is 24.1 Å². The molecule has 5 nitrogen and oxygen atoms in total. The largest absolute Gasteiger partial charge is 1.00 e. The van der Waals surface area contributed by atoms with Gasteiger partial charge in [0.15, 0.2) is 0 Å². The van der Waals surface area contributed by atoms with E-state index in [-0.39, 0.29) is 42.3 Å². The van der Waals surface area contributed by atoms with Gasteiger partial charge in [-0.15, -0.1) is 6.61 Å². The van der Waals surface area contributed by atoms with Gasteiger partial charge in [0, 0.05) is 14.2 Å². The van der Waals surface area contributed by atoms with Gasteiger partial charge in [-0.05, 0) is 0 Å². The van der Waals surface area contributed by atoms with Crippen molar-refractivity contribution in [3.8, 4) is 0 Å². The van der Waals surface area contributed by atoms with E-state index in [0.717, 1.165) is 0 Å². The van der Waals surface area contributed by atoms with Crippen molar-refractivity contribution in [2.45, 2.75) is 6.10 Å². The molecule has 0 N–H and O–H groups in total. The van der Waals surface area contributed by atoms with Gasteiger partial charge in [-0.2, -0.15) is 0 Å². The minimum Gasteiger partial charge on any atom is -0.853 e. The molecule has 0 aromatic rings. The van der Waals surface area contributed by atoms with Gasteiger partial charge in [-0.3, -0.25) is 0 Å². The van der Waals surface area contributed by atoms with Crippen LogP contribution in [0.5, 0.6) is 0 Å². The van der Waals surface area contributed by atoms with E-state index >= 15 is 0 Å². The maximum absolute atomic E-state index is 10.6. The van der Waals surface area contributed by atoms with Gasteiger partial charge in [0.25, 0.3) is 0 Å². The second-order valence-electron chi connectivity index (χ2n) is 2.72. The quantitative estimate of drug-likeness (QED) is 0.283. The molecule has 1 atom stereocenters. The van der Waals surface area contributed by atoms with Crippen LogP contribution in [0.3, 0.4) is 0 Å². The van der Waals surface area contributed by atoms with Gasteiger partial charge in [0.2, 0.25) is 0 Å². The average molecular weight is 230 g/mol. The van der Waals surface area contributed by atoms with E-state index in [1.54, 1.807) is 14.2 Å². The molecular weight excluding hydrogens is 211 g/mol. The number of hydrogen-bond acceptors (Lipinski definition) is 5. The number of rotatable bonds is 10. The molecule has 0 saturated carbocycles. The van der Waals surface area contributed by atoms with E-state index in [1.165, 1.54) is 0 Å². The van der Waals surface area contributed by atoms with Crippen molar-refractivity contribution in [3.63, 3.8) is 0 Å². The normalized spacial score (nSPS) is 12.2. The zero-order valence-electron chi connectivity index (χ0n) is 9.86. The summed E-state index contributed by atoms with van der Waals surface area (Å²) >= 11 is 0.